The van der Waals surface area contributed by atoms with Gasteiger partial charge in [-0.1, -0.05) is 19.1 Å². The minimum absolute atomic E-state index is 0.0515. The highest BCUT2D eigenvalue weighted by Crippen LogP contribution is 2.29. The summed E-state index contributed by atoms with van der Waals surface area (Å²) in [5.41, 5.74) is -0.319. The lowest BCUT2D eigenvalue weighted by atomic mass is 10.1. The van der Waals surface area contributed by atoms with Gasteiger partial charge in [0, 0.05) is 12.7 Å². The topological polar surface area (TPSA) is 46.9 Å². The maximum Gasteiger partial charge on any atom is 0.416 e. The molecule has 0 radical (unpaired) electrons. The third kappa shape index (κ3) is 5.09. The zero-order valence-corrected chi connectivity index (χ0v) is 13.9. The summed E-state index contributed by atoms with van der Waals surface area (Å²) in [5.74, 6) is -0.596. The lowest BCUT2D eigenvalue weighted by Gasteiger charge is -2.13. The first kappa shape index (κ1) is 17.5. The maximum atomic E-state index is 12.6. The Bertz CT molecular complexity index is 685. The van der Waals surface area contributed by atoms with Crippen LogP contribution in [0.2, 0.25) is 0 Å². The summed E-state index contributed by atoms with van der Waals surface area (Å²) in [6.45, 7) is 2.17. The number of alkyl halides is 3. The van der Waals surface area contributed by atoms with E-state index in [9.17, 15) is 18.0 Å². The van der Waals surface area contributed by atoms with Crippen LogP contribution in [-0.2, 0) is 24.1 Å². The van der Waals surface area contributed by atoms with Crippen LogP contribution >= 0.6 is 15.9 Å². The Labute approximate surface area is 139 Å². The maximum absolute atomic E-state index is 12.6. The first-order chi connectivity index (χ1) is 10.8. The number of rotatable bonds is 5. The quantitative estimate of drug-likeness (QED) is 0.848. The van der Waals surface area contributed by atoms with E-state index in [-0.39, 0.29) is 18.4 Å². The molecule has 1 aromatic heterocycles. The second kappa shape index (κ2) is 7.16. The van der Waals surface area contributed by atoms with Crippen molar-refractivity contribution in [1.82, 2.24) is 15.1 Å². The van der Waals surface area contributed by atoms with E-state index in [1.54, 1.807) is 30.1 Å². The van der Waals surface area contributed by atoms with E-state index in [4.69, 9.17) is 0 Å². The minimum atomic E-state index is -4.39. The summed E-state index contributed by atoms with van der Waals surface area (Å²) in [7, 11) is 0. The number of benzene rings is 1. The van der Waals surface area contributed by atoms with Crippen molar-refractivity contribution < 1.29 is 18.0 Å². The lowest BCUT2D eigenvalue weighted by Crippen LogP contribution is -2.31. The van der Waals surface area contributed by atoms with Gasteiger partial charge in [0.15, 0.2) is 0 Å². The Morgan fingerprint density at radius 1 is 1.43 bits per heavy atom. The normalized spacial score (nSPS) is 12.9. The number of aromatic nitrogens is 2. The number of hydrogen-bond acceptors (Lipinski definition) is 2. The van der Waals surface area contributed by atoms with Crippen molar-refractivity contribution in [2.45, 2.75) is 26.2 Å². The van der Waals surface area contributed by atoms with Crippen LogP contribution in [0.25, 0.3) is 0 Å². The highest BCUT2D eigenvalue weighted by Gasteiger charge is 2.30. The largest absolute Gasteiger partial charge is 0.416 e. The van der Waals surface area contributed by atoms with Gasteiger partial charge in [-0.05, 0) is 33.6 Å². The Kier molecular flexibility index (Phi) is 5.46. The molecule has 1 amide bonds. The molecule has 0 saturated heterocycles. The smallest absolute Gasteiger partial charge is 0.352 e. The van der Waals surface area contributed by atoms with Crippen molar-refractivity contribution in [3.8, 4) is 0 Å². The van der Waals surface area contributed by atoms with E-state index in [0.29, 0.717) is 12.1 Å². The fourth-order valence-electron chi connectivity index (χ4n) is 2.02. The summed E-state index contributed by atoms with van der Waals surface area (Å²) < 4.78 is 40.4. The van der Waals surface area contributed by atoms with Gasteiger partial charge in [-0.2, -0.15) is 18.3 Å². The predicted molar refractivity (Wildman–Crippen MR) is 82.4 cm³/mol. The zero-order valence-electron chi connectivity index (χ0n) is 12.3. The molecule has 0 aliphatic heterocycles. The van der Waals surface area contributed by atoms with Gasteiger partial charge in [-0.15, -0.1) is 0 Å². The average molecular weight is 390 g/mol. The number of carbonyl (C=O) groups excluding carboxylic acids is 1. The molecule has 1 unspecified atom stereocenters. The summed E-state index contributed by atoms with van der Waals surface area (Å²) >= 11 is 3.27. The SMILES string of the molecule is CC(Cn1cc(Br)cn1)C(=O)NCc1cccc(C(F)(F)F)c1. The Hall–Kier alpha value is -1.83. The Balaban J connectivity index is 1.91. The van der Waals surface area contributed by atoms with Crippen LogP contribution in [0.4, 0.5) is 13.2 Å². The van der Waals surface area contributed by atoms with Crippen molar-refractivity contribution in [1.29, 1.82) is 0 Å². The molecular formula is C15H15BrF3N3O. The first-order valence-corrected chi connectivity index (χ1v) is 7.67. The van der Waals surface area contributed by atoms with E-state index in [2.05, 4.69) is 26.3 Å². The molecule has 1 atom stereocenters. The van der Waals surface area contributed by atoms with Gasteiger partial charge in [0.2, 0.25) is 5.91 Å². The second-order valence-electron chi connectivity index (χ2n) is 5.20. The molecule has 8 heteroatoms. The third-order valence-corrected chi connectivity index (χ3v) is 3.64. The van der Waals surface area contributed by atoms with Crippen LogP contribution in [0.15, 0.2) is 41.1 Å². The zero-order chi connectivity index (χ0) is 17.0. The molecule has 0 saturated carbocycles. The van der Waals surface area contributed by atoms with Crippen LogP contribution in [0.3, 0.4) is 0 Å². The predicted octanol–water partition coefficient (Wildman–Crippen LogP) is 3.62. The number of nitrogens with one attached hydrogen (secondary N) is 1. The van der Waals surface area contributed by atoms with Crippen LogP contribution in [0.1, 0.15) is 18.1 Å². The van der Waals surface area contributed by atoms with Gasteiger partial charge < -0.3 is 5.32 Å². The molecule has 1 N–H and O–H groups in total. The second-order valence-corrected chi connectivity index (χ2v) is 6.11. The standard InChI is InChI=1S/C15H15BrF3N3O/c1-10(8-22-9-13(16)7-21-22)14(23)20-6-11-3-2-4-12(5-11)15(17,18)19/h2-5,7,9-10H,6,8H2,1H3,(H,20,23). The molecule has 2 rings (SSSR count). The summed E-state index contributed by atoms with van der Waals surface area (Å²) in [6.07, 6.45) is -1.02. The minimum Gasteiger partial charge on any atom is -0.352 e. The van der Waals surface area contributed by atoms with Crippen molar-refractivity contribution in [2.75, 3.05) is 0 Å². The van der Waals surface area contributed by atoms with Gasteiger partial charge in [0.05, 0.1) is 28.7 Å². The highest BCUT2D eigenvalue weighted by molar-refractivity contribution is 9.10. The average Bonchev–Trinajstić information content (AvgIpc) is 2.89. The van der Waals surface area contributed by atoms with Gasteiger partial charge in [-0.3, -0.25) is 9.48 Å². The van der Waals surface area contributed by atoms with E-state index in [1.807, 2.05) is 0 Å². The van der Waals surface area contributed by atoms with Gasteiger partial charge >= 0.3 is 6.18 Å². The van der Waals surface area contributed by atoms with Gasteiger partial charge in [0.25, 0.3) is 0 Å². The fourth-order valence-corrected chi connectivity index (χ4v) is 2.35. The number of carbonyl (C=O) groups is 1. The van der Waals surface area contributed by atoms with Gasteiger partial charge in [-0.25, -0.2) is 0 Å². The first-order valence-electron chi connectivity index (χ1n) is 6.87. The third-order valence-electron chi connectivity index (χ3n) is 3.23. The molecule has 4 nitrogen and oxygen atoms in total. The molecule has 1 heterocycles. The summed E-state index contributed by atoms with van der Waals surface area (Å²) in [5, 5.41) is 6.71. The molecule has 2 aromatic rings. The highest BCUT2D eigenvalue weighted by atomic mass is 79.9. The molecule has 0 aliphatic carbocycles. The molecule has 0 fully saturated rings. The van der Waals surface area contributed by atoms with Crippen molar-refractivity contribution in [2.24, 2.45) is 5.92 Å². The van der Waals surface area contributed by atoms with Crippen molar-refractivity contribution in [3.63, 3.8) is 0 Å². The monoisotopic (exact) mass is 389 g/mol. The number of halogens is 4. The van der Waals surface area contributed by atoms with Crippen LogP contribution in [0.5, 0.6) is 0 Å². The Morgan fingerprint density at radius 2 is 2.17 bits per heavy atom. The number of amides is 1. The fraction of sp³-hybridized carbons (Fsp3) is 0.333. The van der Waals surface area contributed by atoms with E-state index >= 15 is 0 Å². The molecular weight excluding hydrogens is 375 g/mol. The number of hydrogen-bond donors (Lipinski definition) is 1. The molecule has 0 aliphatic rings. The van der Waals surface area contributed by atoms with Crippen LogP contribution in [-0.4, -0.2) is 15.7 Å². The molecule has 1 aromatic carbocycles. The molecule has 124 valence electrons. The molecule has 23 heavy (non-hydrogen) atoms. The summed E-state index contributed by atoms with van der Waals surface area (Å²) in [6, 6.07) is 4.92. The molecule has 0 bridgehead atoms. The summed E-state index contributed by atoms with van der Waals surface area (Å²) in [4.78, 5) is 12.0. The lowest BCUT2D eigenvalue weighted by molar-refractivity contribution is -0.137. The van der Waals surface area contributed by atoms with Crippen molar-refractivity contribution in [3.05, 3.63) is 52.3 Å². The van der Waals surface area contributed by atoms with E-state index < -0.39 is 11.7 Å². The van der Waals surface area contributed by atoms with Crippen molar-refractivity contribution >= 4 is 21.8 Å². The van der Waals surface area contributed by atoms with Crippen LogP contribution < -0.4 is 5.32 Å². The van der Waals surface area contributed by atoms with Crippen LogP contribution in [0, 0.1) is 5.92 Å². The molecule has 0 spiro atoms. The number of nitrogens with zero attached hydrogens (tertiary/aromatic N) is 2. The van der Waals surface area contributed by atoms with E-state index in [1.165, 1.54) is 6.07 Å². The Morgan fingerprint density at radius 3 is 2.78 bits per heavy atom. The van der Waals surface area contributed by atoms with E-state index in [0.717, 1.165) is 16.6 Å². The van der Waals surface area contributed by atoms with Gasteiger partial charge in [0.1, 0.15) is 0 Å².